The first-order valence-electron chi connectivity index (χ1n) is 8.62. The summed E-state index contributed by atoms with van der Waals surface area (Å²) in [5.74, 6) is 1.37. The van der Waals surface area contributed by atoms with Crippen LogP contribution in [0.2, 0.25) is 0 Å². The molecular weight excluding hydrogens is 340 g/mol. The molecule has 3 aromatic rings. The highest BCUT2D eigenvalue weighted by atomic mass is 16.5. The number of benzene rings is 3. The van der Waals surface area contributed by atoms with Gasteiger partial charge in [-0.3, -0.25) is 4.90 Å². The van der Waals surface area contributed by atoms with Crippen molar-refractivity contribution in [3.63, 3.8) is 0 Å². The van der Waals surface area contributed by atoms with Crippen LogP contribution in [0.3, 0.4) is 0 Å². The van der Waals surface area contributed by atoms with Gasteiger partial charge in [0.25, 0.3) is 0 Å². The molecule has 0 unspecified atom stereocenters. The zero-order chi connectivity index (χ0) is 19.1. The number of carbonyl (C=O) groups is 1. The lowest BCUT2D eigenvalue weighted by molar-refractivity contribution is 0.248. The van der Waals surface area contributed by atoms with E-state index >= 15 is 0 Å². The first-order chi connectivity index (χ1) is 13.2. The van der Waals surface area contributed by atoms with Gasteiger partial charge in [0.2, 0.25) is 0 Å². The summed E-state index contributed by atoms with van der Waals surface area (Å²) in [6, 6.07) is 24.4. The number of carbonyl (C=O) groups excluding carboxylic acids is 1. The van der Waals surface area contributed by atoms with Crippen LogP contribution in [0.5, 0.6) is 11.5 Å². The molecule has 3 rings (SSSR count). The monoisotopic (exact) mass is 362 g/mol. The van der Waals surface area contributed by atoms with Gasteiger partial charge in [-0.15, -0.1) is 0 Å². The first-order valence-corrected chi connectivity index (χ1v) is 8.62. The van der Waals surface area contributed by atoms with E-state index in [1.807, 2.05) is 72.8 Å². The summed E-state index contributed by atoms with van der Waals surface area (Å²) in [5.41, 5.74) is 2.46. The largest absolute Gasteiger partial charge is 0.497 e. The minimum atomic E-state index is -0.217. The Hall–Kier alpha value is -3.47. The molecule has 0 aromatic heterocycles. The summed E-state index contributed by atoms with van der Waals surface area (Å²) < 4.78 is 10.6. The molecule has 5 nitrogen and oxygen atoms in total. The topological polar surface area (TPSA) is 50.8 Å². The zero-order valence-electron chi connectivity index (χ0n) is 15.4. The average Bonchev–Trinajstić information content (AvgIpc) is 2.74. The van der Waals surface area contributed by atoms with Crippen LogP contribution >= 0.6 is 0 Å². The van der Waals surface area contributed by atoms with Crippen molar-refractivity contribution in [1.29, 1.82) is 0 Å². The molecule has 0 fully saturated rings. The number of nitrogens with one attached hydrogen (secondary N) is 1. The maximum absolute atomic E-state index is 13.0. The number of anilines is 2. The van der Waals surface area contributed by atoms with E-state index in [0.717, 1.165) is 16.9 Å². The van der Waals surface area contributed by atoms with Gasteiger partial charge in [0.15, 0.2) is 0 Å². The standard InChI is InChI=1S/C22H22N2O3/c1-26-20-14-13-17(21(15-20)27-2)16-23-22(25)24(18-9-5-3-6-10-18)19-11-7-4-8-12-19/h3-15H,16H2,1-2H3,(H,23,25). The highest BCUT2D eigenvalue weighted by Crippen LogP contribution is 2.27. The van der Waals surface area contributed by atoms with E-state index in [-0.39, 0.29) is 6.03 Å². The van der Waals surface area contributed by atoms with E-state index in [1.165, 1.54) is 0 Å². The molecule has 0 saturated carbocycles. The maximum Gasteiger partial charge on any atom is 0.326 e. The molecule has 0 atom stereocenters. The molecule has 3 aromatic carbocycles. The summed E-state index contributed by atoms with van der Waals surface area (Å²) in [6.45, 7) is 0.335. The van der Waals surface area contributed by atoms with Crippen LogP contribution in [0.15, 0.2) is 78.9 Å². The highest BCUT2D eigenvalue weighted by molar-refractivity contribution is 5.99. The maximum atomic E-state index is 13.0. The van der Waals surface area contributed by atoms with Gasteiger partial charge < -0.3 is 14.8 Å². The summed E-state index contributed by atoms with van der Waals surface area (Å²) in [6.07, 6.45) is 0. The number of urea groups is 1. The van der Waals surface area contributed by atoms with Crippen LogP contribution in [-0.2, 0) is 6.54 Å². The number of para-hydroxylation sites is 2. The Morgan fingerprint density at radius 3 is 1.96 bits per heavy atom. The second-order valence-corrected chi connectivity index (χ2v) is 5.84. The Kier molecular flexibility index (Phi) is 5.94. The van der Waals surface area contributed by atoms with Crippen molar-refractivity contribution in [2.75, 3.05) is 19.1 Å². The number of amides is 2. The third-order valence-electron chi connectivity index (χ3n) is 4.16. The van der Waals surface area contributed by atoms with Crippen molar-refractivity contribution in [3.8, 4) is 11.5 Å². The lowest BCUT2D eigenvalue weighted by Crippen LogP contribution is -2.36. The molecule has 27 heavy (non-hydrogen) atoms. The normalized spacial score (nSPS) is 10.1. The van der Waals surface area contributed by atoms with Crippen LogP contribution in [0.1, 0.15) is 5.56 Å². The molecule has 0 heterocycles. The Balaban J connectivity index is 1.82. The van der Waals surface area contributed by atoms with Gasteiger partial charge in [0.1, 0.15) is 11.5 Å². The summed E-state index contributed by atoms with van der Waals surface area (Å²) in [7, 11) is 3.20. The van der Waals surface area contributed by atoms with Crippen molar-refractivity contribution in [1.82, 2.24) is 5.32 Å². The number of ether oxygens (including phenoxy) is 2. The minimum absolute atomic E-state index is 0.217. The fourth-order valence-corrected chi connectivity index (χ4v) is 2.79. The average molecular weight is 362 g/mol. The van der Waals surface area contributed by atoms with E-state index in [9.17, 15) is 4.79 Å². The number of rotatable bonds is 6. The van der Waals surface area contributed by atoms with Crippen molar-refractivity contribution in [2.45, 2.75) is 6.54 Å². The number of nitrogens with zero attached hydrogens (tertiary/aromatic N) is 1. The molecule has 0 saturated heterocycles. The minimum Gasteiger partial charge on any atom is -0.497 e. The molecule has 0 radical (unpaired) electrons. The number of methoxy groups -OCH3 is 2. The predicted molar refractivity (Wildman–Crippen MR) is 107 cm³/mol. The molecule has 1 N–H and O–H groups in total. The summed E-state index contributed by atoms with van der Waals surface area (Å²) in [4.78, 5) is 14.6. The SMILES string of the molecule is COc1ccc(CNC(=O)N(c2ccccc2)c2ccccc2)c(OC)c1. The Labute approximate surface area is 159 Å². The van der Waals surface area contributed by atoms with Crippen LogP contribution in [-0.4, -0.2) is 20.3 Å². The molecule has 0 aliphatic carbocycles. The molecule has 0 aliphatic rings. The van der Waals surface area contributed by atoms with E-state index < -0.39 is 0 Å². The van der Waals surface area contributed by atoms with E-state index in [2.05, 4.69) is 5.32 Å². The fourth-order valence-electron chi connectivity index (χ4n) is 2.79. The highest BCUT2D eigenvalue weighted by Gasteiger charge is 2.18. The Morgan fingerprint density at radius 1 is 0.852 bits per heavy atom. The Bertz CT molecular complexity index is 843. The smallest absolute Gasteiger partial charge is 0.326 e. The predicted octanol–water partition coefficient (Wildman–Crippen LogP) is 4.75. The van der Waals surface area contributed by atoms with Crippen molar-refractivity contribution in [2.24, 2.45) is 0 Å². The van der Waals surface area contributed by atoms with Gasteiger partial charge in [0, 0.05) is 18.2 Å². The summed E-state index contributed by atoms with van der Waals surface area (Å²) >= 11 is 0. The lowest BCUT2D eigenvalue weighted by Gasteiger charge is -2.23. The Morgan fingerprint density at radius 2 is 1.44 bits per heavy atom. The first kappa shape index (κ1) is 18.3. The van der Waals surface area contributed by atoms with Gasteiger partial charge in [-0.05, 0) is 36.4 Å². The molecular formula is C22H22N2O3. The van der Waals surface area contributed by atoms with Gasteiger partial charge in [-0.1, -0.05) is 36.4 Å². The van der Waals surface area contributed by atoms with Crippen LogP contribution in [0, 0.1) is 0 Å². The molecule has 0 bridgehead atoms. The van der Waals surface area contributed by atoms with Gasteiger partial charge in [-0.2, -0.15) is 0 Å². The van der Waals surface area contributed by atoms with Crippen molar-refractivity contribution >= 4 is 17.4 Å². The zero-order valence-corrected chi connectivity index (χ0v) is 15.4. The van der Waals surface area contributed by atoms with Crippen LogP contribution in [0.4, 0.5) is 16.2 Å². The van der Waals surface area contributed by atoms with Crippen molar-refractivity contribution in [3.05, 3.63) is 84.4 Å². The molecule has 138 valence electrons. The second kappa shape index (κ2) is 8.76. The van der Waals surface area contributed by atoms with E-state index in [4.69, 9.17) is 9.47 Å². The number of hydrogen-bond donors (Lipinski definition) is 1. The van der Waals surface area contributed by atoms with Crippen LogP contribution in [0.25, 0.3) is 0 Å². The third kappa shape index (κ3) is 4.39. The van der Waals surface area contributed by atoms with Gasteiger partial charge in [0.05, 0.1) is 25.6 Å². The fraction of sp³-hybridized carbons (Fsp3) is 0.136. The van der Waals surface area contributed by atoms with Crippen molar-refractivity contribution < 1.29 is 14.3 Å². The van der Waals surface area contributed by atoms with Crippen LogP contribution < -0.4 is 19.7 Å². The van der Waals surface area contributed by atoms with Gasteiger partial charge in [-0.25, -0.2) is 4.79 Å². The summed E-state index contributed by atoms with van der Waals surface area (Å²) in [5, 5.41) is 2.97. The lowest BCUT2D eigenvalue weighted by atomic mass is 10.2. The molecule has 5 heteroatoms. The molecule has 0 aliphatic heterocycles. The second-order valence-electron chi connectivity index (χ2n) is 5.84. The van der Waals surface area contributed by atoms with Gasteiger partial charge >= 0.3 is 6.03 Å². The van der Waals surface area contributed by atoms with E-state index in [1.54, 1.807) is 25.2 Å². The molecule has 2 amide bonds. The number of hydrogen-bond acceptors (Lipinski definition) is 3. The third-order valence-corrected chi connectivity index (χ3v) is 4.16. The quantitative estimate of drug-likeness (QED) is 0.688. The van der Waals surface area contributed by atoms with E-state index in [0.29, 0.717) is 18.0 Å². The molecule has 0 spiro atoms.